The summed E-state index contributed by atoms with van der Waals surface area (Å²) < 4.78 is 1.03. The van der Waals surface area contributed by atoms with Crippen molar-refractivity contribution in [3.05, 3.63) is 88.9 Å². The zero-order chi connectivity index (χ0) is 17.8. The van der Waals surface area contributed by atoms with Gasteiger partial charge < -0.3 is 10.6 Å². The average molecular weight is 405 g/mol. The summed E-state index contributed by atoms with van der Waals surface area (Å²) in [6, 6.07) is 26.2. The van der Waals surface area contributed by atoms with E-state index in [1.54, 1.807) is 0 Å². The van der Waals surface area contributed by atoms with Crippen LogP contribution in [0.5, 0.6) is 0 Å². The summed E-state index contributed by atoms with van der Waals surface area (Å²) in [5.41, 5.74) is 3.05. The topological polar surface area (TPSA) is 49.8 Å². The van der Waals surface area contributed by atoms with Gasteiger partial charge in [0.15, 0.2) is 0 Å². The summed E-state index contributed by atoms with van der Waals surface area (Å²) in [4.78, 5) is 9.32. The highest BCUT2D eigenvalue weighted by molar-refractivity contribution is 9.10. The van der Waals surface area contributed by atoms with E-state index in [9.17, 15) is 0 Å². The summed E-state index contributed by atoms with van der Waals surface area (Å²) in [5.74, 6) is 1.39. The maximum atomic E-state index is 4.69. The lowest BCUT2D eigenvalue weighted by Gasteiger charge is -2.12. The molecule has 0 spiro atoms. The van der Waals surface area contributed by atoms with Crippen LogP contribution in [0.3, 0.4) is 0 Å². The van der Waals surface area contributed by atoms with Gasteiger partial charge in [0, 0.05) is 22.1 Å². The summed E-state index contributed by atoms with van der Waals surface area (Å²) in [6.45, 7) is 0.708. The molecule has 4 aromatic rings. The van der Waals surface area contributed by atoms with Crippen molar-refractivity contribution in [1.29, 1.82) is 0 Å². The van der Waals surface area contributed by atoms with Crippen LogP contribution in [-0.2, 0) is 6.54 Å². The smallest absolute Gasteiger partial charge is 0.229 e. The number of halogens is 1. The minimum Gasteiger partial charge on any atom is -0.365 e. The quantitative estimate of drug-likeness (QED) is 0.444. The van der Waals surface area contributed by atoms with Crippen LogP contribution in [0.25, 0.3) is 10.9 Å². The fourth-order valence-electron chi connectivity index (χ4n) is 2.71. The predicted molar refractivity (Wildman–Crippen MR) is 111 cm³/mol. The Morgan fingerprint density at radius 2 is 1.50 bits per heavy atom. The van der Waals surface area contributed by atoms with Crippen LogP contribution in [0, 0.1) is 0 Å². The second-order valence-electron chi connectivity index (χ2n) is 5.88. The molecule has 3 aromatic carbocycles. The molecule has 1 heterocycles. The Morgan fingerprint density at radius 3 is 2.31 bits per heavy atom. The van der Waals surface area contributed by atoms with Crippen LogP contribution in [0.15, 0.2) is 83.3 Å². The van der Waals surface area contributed by atoms with Crippen molar-refractivity contribution in [2.45, 2.75) is 6.54 Å². The first kappa shape index (κ1) is 16.5. The summed E-state index contributed by atoms with van der Waals surface area (Å²) in [5, 5.41) is 7.72. The van der Waals surface area contributed by atoms with Gasteiger partial charge in [0.05, 0.1) is 5.52 Å². The number of anilines is 3. The number of rotatable bonds is 5. The molecule has 0 aliphatic heterocycles. The van der Waals surface area contributed by atoms with Gasteiger partial charge in [-0.05, 0) is 42.0 Å². The monoisotopic (exact) mass is 404 g/mol. The molecule has 4 rings (SSSR count). The molecule has 0 unspecified atom stereocenters. The van der Waals surface area contributed by atoms with Crippen molar-refractivity contribution >= 4 is 44.3 Å². The third-order valence-corrected chi connectivity index (χ3v) is 4.54. The van der Waals surface area contributed by atoms with Crippen molar-refractivity contribution in [3.63, 3.8) is 0 Å². The molecule has 128 valence electrons. The minimum absolute atomic E-state index is 0.571. The van der Waals surface area contributed by atoms with E-state index in [4.69, 9.17) is 0 Å². The lowest BCUT2D eigenvalue weighted by Crippen LogP contribution is -2.05. The number of para-hydroxylation sites is 1. The van der Waals surface area contributed by atoms with Gasteiger partial charge in [0.2, 0.25) is 5.95 Å². The van der Waals surface area contributed by atoms with E-state index < -0.39 is 0 Å². The Morgan fingerprint density at radius 1 is 0.769 bits per heavy atom. The van der Waals surface area contributed by atoms with E-state index >= 15 is 0 Å². The predicted octanol–water partition coefficient (Wildman–Crippen LogP) is 5.75. The molecule has 0 atom stereocenters. The van der Waals surface area contributed by atoms with E-state index in [1.807, 2.05) is 66.7 Å². The van der Waals surface area contributed by atoms with Crippen LogP contribution in [0.2, 0.25) is 0 Å². The molecular formula is C21H17BrN4. The third kappa shape index (κ3) is 3.83. The number of hydrogen-bond donors (Lipinski definition) is 2. The molecule has 26 heavy (non-hydrogen) atoms. The maximum absolute atomic E-state index is 4.69. The second-order valence-corrected chi connectivity index (χ2v) is 6.80. The molecule has 1 aromatic heterocycles. The van der Waals surface area contributed by atoms with Crippen molar-refractivity contribution in [2.75, 3.05) is 10.6 Å². The van der Waals surface area contributed by atoms with E-state index in [-0.39, 0.29) is 0 Å². The van der Waals surface area contributed by atoms with E-state index in [0.29, 0.717) is 12.5 Å². The van der Waals surface area contributed by atoms with Gasteiger partial charge in [-0.2, -0.15) is 4.98 Å². The fraction of sp³-hybridized carbons (Fsp3) is 0.0476. The van der Waals surface area contributed by atoms with Gasteiger partial charge >= 0.3 is 0 Å². The highest BCUT2D eigenvalue weighted by atomic mass is 79.9. The number of nitrogens with one attached hydrogen (secondary N) is 2. The standard InChI is InChI=1S/C21H17BrN4/c22-16-10-12-17(13-11-16)24-21-25-19-9-5-4-8-18(19)20(26-21)23-14-15-6-2-1-3-7-15/h1-13H,14H2,(H2,23,24,25,26). The van der Waals surface area contributed by atoms with E-state index in [1.165, 1.54) is 5.56 Å². The van der Waals surface area contributed by atoms with Gasteiger partial charge in [-0.15, -0.1) is 0 Å². The van der Waals surface area contributed by atoms with Gasteiger partial charge in [-0.1, -0.05) is 58.4 Å². The Balaban J connectivity index is 1.65. The average Bonchev–Trinajstić information content (AvgIpc) is 2.69. The molecule has 0 radical (unpaired) electrons. The molecule has 2 N–H and O–H groups in total. The largest absolute Gasteiger partial charge is 0.365 e. The van der Waals surface area contributed by atoms with Crippen LogP contribution in [0.4, 0.5) is 17.5 Å². The minimum atomic E-state index is 0.571. The summed E-state index contributed by atoms with van der Waals surface area (Å²) in [6.07, 6.45) is 0. The molecule has 0 saturated heterocycles. The molecule has 0 amide bonds. The first-order chi connectivity index (χ1) is 12.8. The number of benzene rings is 3. The first-order valence-electron chi connectivity index (χ1n) is 8.35. The van der Waals surface area contributed by atoms with Gasteiger partial charge in [-0.25, -0.2) is 4.98 Å². The Labute approximate surface area is 160 Å². The van der Waals surface area contributed by atoms with Gasteiger partial charge in [0.1, 0.15) is 5.82 Å². The summed E-state index contributed by atoms with van der Waals surface area (Å²) >= 11 is 3.45. The number of aromatic nitrogens is 2. The van der Waals surface area contributed by atoms with E-state index in [0.717, 1.165) is 26.9 Å². The van der Waals surface area contributed by atoms with E-state index in [2.05, 4.69) is 48.7 Å². The molecule has 0 fully saturated rings. The zero-order valence-corrected chi connectivity index (χ0v) is 15.6. The van der Waals surface area contributed by atoms with Gasteiger partial charge in [0.25, 0.3) is 0 Å². The molecule has 0 aliphatic carbocycles. The zero-order valence-electron chi connectivity index (χ0n) is 14.0. The van der Waals surface area contributed by atoms with Crippen molar-refractivity contribution < 1.29 is 0 Å². The molecule has 4 nitrogen and oxygen atoms in total. The lowest BCUT2D eigenvalue weighted by atomic mass is 10.2. The lowest BCUT2D eigenvalue weighted by molar-refractivity contribution is 1.10. The third-order valence-electron chi connectivity index (χ3n) is 4.01. The van der Waals surface area contributed by atoms with Crippen molar-refractivity contribution in [2.24, 2.45) is 0 Å². The second kappa shape index (κ2) is 7.54. The molecular weight excluding hydrogens is 388 g/mol. The van der Waals surface area contributed by atoms with Crippen LogP contribution < -0.4 is 10.6 Å². The molecule has 5 heteroatoms. The SMILES string of the molecule is Brc1ccc(Nc2nc(NCc3ccccc3)c3ccccc3n2)cc1. The van der Waals surface area contributed by atoms with Crippen LogP contribution in [0.1, 0.15) is 5.56 Å². The first-order valence-corrected chi connectivity index (χ1v) is 9.14. The number of hydrogen-bond acceptors (Lipinski definition) is 4. The van der Waals surface area contributed by atoms with Crippen molar-refractivity contribution in [1.82, 2.24) is 9.97 Å². The highest BCUT2D eigenvalue weighted by Crippen LogP contribution is 2.24. The van der Waals surface area contributed by atoms with Crippen LogP contribution in [-0.4, -0.2) is 9.97 Å². The van der Waals surface area contributed by atoms with Crippen LogP contribution >= 0.6 is 15.9 Å². The summed E-state index contributed by atoms with van der Waals surface area (Å²) in [7, 11) is 0. The Hall–Kier alpha value is -2.92. The van der Waals surface area contributed by atoms with Gasteiger partial charge in [-0.3, -0.25) is 0 Å². The Kier molecular flexibility index (Phi) is 4.80. The molecule has 0 aliphatic rings. The normalized spacial score (nSPS) is 10.7. The molecule has 0 saturated carbocycles. The highest BCUT2D eigenvalue weighted by Gasteiger charge is 2.08. The fourth-order valence-corrected chi connectivity index (χ4v) is 2.98. The molecule has 0 bridgehead atoms. The number of fused-ring (bicyclic) bond motifs is 1. The maximum Gasteiger partial charge on any atom is 0.229 e. The Bertz CT molecular complexity index is 1020. The number of nitrogens with zero attached hydrogens (tertiary/aromatic N) is 2. The van der Waals surface area contributed by atoms with Crippen molar-refractivity contribution in [3.8, 4) is 0 Å².